The lowest BCUT2D eigenvalue weighted by molar-refractivity contribution is -0.605. The predicted octanol–water partition coefficient (Wildman–Crippen LogP) is 1.53. The topological polar surface area (TPSA) is 82.3 Å². The quantitative estimate of drug-likeness (QED) is 0.339. The van der Waals surface area contributed by atoms with Crippen molar-refractivity contribution < 1.29 is 19.1 Å². The molecule has 0 unspecified atom stereocenters. The van der Waals surface area contributed by atoms with Gasteiger partial charge < -0.3 is 15.3 Å². The molecule has 1 aromatic heterocycles. The van der Waals surface area contributed by atoms with Gasteiger partial charge in [0.2, 0.25) is 0 Å². The number of hydrogen-bond donors (Lipinski definition) is 1. The maximum absolute atomic E-state index is 11.7. The van der Waals surface area contributed by atoms with Crippen LogP contribution in [-0.4, -0.2) is 30.8 Å². The van der Waals surface area contributed by atoms with Crippen molar-refractivity contribution in [1.29, 1.82) is 0 Å². The summed E-state index contributed by atoms with van der Waals surface area (Å²) in [6, 6.07) is 12.8. The Kier molecular flexibility index (Phi) is 7.10. The van der Waals surface area contributed by atoms with E-state index >= 15 is 0 Å². The summed E-state index contributed by atoms with van der Waals surface area (Å²) in [5.41, 5.74) is 1.47. The van der Waals surface area contributed by atoms with E-state index in [4.69, 9.17) is 4.74 Å². The number of ether oxygens (including phenoxy) is 1. The third-order valence-electron chi connectivity index (χ3n) is 3.05. The molecule has 1 amide bonds. The van der Waals surface area contributed by atoms with E-state index in [1.165, 1.54) is 30.1 Å². The van der Waals surface area contributed by atoms with Crippen LogP contribution in [-0.2, 0) is 15.3 Å². The molecule has 0 aliphatic rings. The highest BCUT2D eigenvalue weighted by Crippen LogP contribution is 2.10. The van der Waals surface area contributed by atoms with E-state index in [0.717, 1.165) is 11.5 Å². The van der Waals surface area contributed by atoms with Crippen LogP contribution >= 0.6 is 11.8 Å². The van der Waals surface area contributed by atoms with Gasteiger partial charge in [-0.1, -0.05) is 30.3 Å². The molecule has 0 saturated heterocycles. The molecule has 0 fully saturated rings. The maximum Gasteiger partial charge on any atom is 0.339 e. The second kappa shape index (κ2) is 9.57. The van der Waals surface area contributed by atoms with Crippen LogP contribution in [0.4, 0.5) is 0 Å². The lowest BCUT2D eigenvalue weighted by Crippen LogP contribution is -2.30. The number of carbonyl (C=O) groups is 2. The van der Waals surface area contributed by atoms with Crippen LogP contribution in [0, 0.1) is 5.21 Å². The molecule has 0 spiro atoms. The number of pyridine rings is 1. The Labute approximate surface area is 144 Å². The molecule has 0 bridgehead atoms. The van der Waals surface area contributed by atoms with Crippen molar-refractivity contribution in [3.63, 3.8) is 0 Å². The third kappa shape index (κ3) is 6.29. The van der Waals surface area contributed by atoms with E-state index in [-0.39, 0.29) is 18.1 Å². The van der Waals surface area contributed by atoms with E-state index < -0.39 is 5.97 Å². The third-order valence-corrected chi connectivity index (χ3v) is 4.08. The fourth-order valence-electron chi connectivity index (χ4n) is 1.84. The van der Waals surface area contributed by atoms with Gasteiger partial charge in [-0.05, 0) is 5.56 Å². The van der Waals surface area contributed by atoms with Gasteiger partial charge in [-0.25, -0.2) is 4.79 Å². The van der Waals surface area contributed by atoms with E-state index in [9.17, 15) is 14.8 Å². The zero-order valence-electron chi connectivity index (χ0n) is 13.0. The smallest absolute Gasteiger partial charge is 0.339 e. The van der Waals surface area contributed by atoms with Crippen molar-refractivity contribution in [2.75, 3.05) is 18.9 Å². The van der Waals surface area contributed by atoms with Crippen molar-refractivity contribution in [3.05, 3.63) is 71.2 Å². The van der Waals surface area contributed by atoms with Gasteiger partial charge in [0.15, 0.2) is 19.0 Å². The number of nitrogens with one attached hydrogen (secondary N) is 1. The lowest BCUT2D eigenvalue weighted by Gasteiger charge is -2.06. The van der Waals surface area contributed by atoms with Crippen LogP contribution in [0.15, 0.2) is 54.9 Å². The van der Waals surface area contributed by atoms with Crippen LogP contribution < -0.4 is 10.0 Å². The molecule has 126 valence electrons. The largest absolute Gasteiger partial charge is 0.619 e. The summed E-state index contributed by atoms with van der Waals surface area (Å²) >= 11 is 1.72. The second-order valence-corrected chi connectivity index (χ2v) is 6.02. The van der Waals surface area contributed by atoms with Gasteiger partial charge in [0.1, 0.15) is 0 Å². The number of hydrogen-bond acceptors (Lipinski definition) is 5. The lowest BCUT2D eigenvalue weighted by atomic mass is 10.2. The molecule has 1 aromatic carbocycles. The van der Waals surface area contributed by atoms with Crippen LogP contribution in [0.2, 0.25) is 0 Å². The molecular weight excluding hydrogens is 328 g/mol. The molecule has 1 heterocycles. The van der Waals surface area contributed by atoms with Crippen molar-refractivity contribution in [2.24, 2.45) is 0 Å². The molecule has 0 atom stereocenters. The molecule has 2 aromatic rings. The van der Waals surface area contributed by atoms with E-state index in [1.54, 1.807) is 11.8 Å². The minimum atomic E-state index is -0.635. The zero-order chi connectivity index (χ0) is 17.2. The molecule has 0 aliphatic heterocycles. The minimum Gasteiger partial charge on any atom is -0.619 e. The highest BCUT2D eigenvalue weighted by Gasteiger charge is 2.10. The van der Waals surface area contributed by atoms with Gasteiger partial charge in [0.05, 0.1) is 5.56 Å². The number of esters is 1. The Hall–Kier alpha value is -2.54. The Balaban J connectivity index is 1.58. The second-order valence-electron chi connectivity index (χ2n) is 4.91. The van der Waals surface area contributed by atoms with Crippen LogP contribution in [0.25, 0.3) is 0 Å². The van der Waals surface area contributed by atoms with Crippen molar-refractivity contribution in [3.8, 4) is 0 Å². The number of carbonyl (C=O) groups excluding carboxylic acids is 2. The average molecular weight is 346 g/mol. The van der Waals surface area contributed by atoms with Crippen LogP contribution in [0.1, 0.15) is 15.9 Å². The van der Waals surface area contributed by atoms with Crippen molar-refractivity contribution >= 4 is 23.6 Å². The number of rotatable bonds is 8. The number of aromatic nitrogens is 1. The first-order chi connectivity index (χ1) is 11.6. The normalized spacial score (nSPS) is 10.2. The number of nitrogens with zero attached hydrogens (tertiary/aromatic N) is 1. The summed E-state index contributed by atoms with van der Waals surface area (Å²) in [7, 11) is 0. The van der Waals surface area contributed by atoms with Gasteiger partial charge in [0.25, 0.3) is 5.91 Å². The maximum atomic E-state index is 11.7. The number of amides is 1. The van der Waals surface area contributed by atoms with E-state index in [1.807, 2.05) is 18.2 Å². The van der Waals surface area contributed by atoms with Gasteiger partial charge in [-0.2, -0.15) is 16.5 Å². The van der Waals surface area contributed by atoms with Crippen molar-refractivity contribution in [2.45, 2.75) is 5.75 Å². The Bertz CT molecular complexity index is 662. The molecule has 7 heteroatoms. The highest BCUT2D eigenvalue weighted by molar-refractivity contribution is 7.98. The van der Waals surface area contributed by atoms with Crippen LogP contribution in [0.5, 0.6) is 0 Å². The number of thioether (sulfide) groups is 1. The summed E-state index contributed by atoms with van der Waals surface area (Å²) in [6.07, 6.45) is 2.39. The molecule has 0 aliphatic carbocycles. The van der Waals surface area contributed by atoms with Gasteiger partial charge in [0, 0.05) is 30.2 Å². The Morgan fingerprint density at radius 3 is 2.54 bits per heavy atom. The molecular formula is C17H18N2O4S. The average Bonchev–Trinajstić information content (AvgIpc) is 2.61. The van der Waals surface area contributed by atoms with E-state index in [2.05, 4.69) is 17.4 Å². The van der Waals surface area contributed by atoms with E-state index in [0.29, 0.717) is 11.3 Å². The van der Waals surface area contributed by atoms with Gasteiger partial charge in [-0.15, -0.1) is 0 Å². The molecule has 1 N–H and O–H groups in total. The zero-order valence-corrected chi connectivity index (χ0v) is 13.8. The summed E-state index contributed by atoms with van der Waals surface area (Å²) in [4.78, 5) is 23.3. The first kappa shape index (κ1) is 17.8. The Morgan fingerprint density at radius 2 is 1.83 bits per heavy atom. The summed E-state index contributed by atoms with van der Waals surface area (Å²) < 4.78 is 5.45. The van der Waals surface area contributed by atoms with Crippen molar-refractivity contribution in [1.82, 2.24) is 5.32 Å². The van der Waals surface area contributed by atoms with Gasteiger partial charge in [-0.3, -0.25) is 4.79 Å². The van der Waals surface area contributed by atoms with Gasteiger partial charge >= 0.3 is 5.97 Å². The predicted molar refractivity (Wildman–Crippen MR) is 91.3 cm³/mol. The minimum absolute atomic E-state index is 0.230. The summed E-state index contributed by atoms with van der Waals surface area (Å²) in [5, 5.41) is 13.6. The molecule has 2 rings (SSSR count). The highest BCUT2D eigenvalue weighted by atomic mass is 32.2. The fourth-order valence-corrected chi connectivity index (χ4v) is 2.66. The monoisotopic (exact) mass is 346 g/mol. The fraction of sp³-hybridized carbons (Fsp3) is 0.235. The Morgan fingerprint density at radius 1 is 1.12 bits per heavy atom. The number of benzene rings is 1. The first-order valence-electron chi connectivity index (χ1n) is 7.39. The molecule has 6 nitrogen and oxygen atoms in total. The van der Waals surface area contributed by atoms with Crippen LogP contribution in [0.3, 0.4) is 0 Å². The standard InChI is InChI=1S/C17H18N2O4S/c20-16(12-23-17(21)15-6-9-19(22)10-7-15)18-8-11-24-13-14-4-2-1-3-5-14/h1-7,9-10H,8,11-13H2,(H,18,20). The molecule has 0 saturated carbocycles. The summed E-state index contributed by atoms with van der Waals surface area (Å²) in [5.74, 6) is 0.679. The first-order valence-corrected chi connectivity index (χ1v) is 8.55. The SMILES string of the molecule is O=C(COC(=O)c1cc[n+]([O-])cc1)NCCSCc1ccccc1. The molecule has 24 heavy (non-hydrogen) atoms. The summed E-state index contributed by atoms with van der Waals surface area (Å²) in [6.45, 7) is 0.170. The molecule has 0 radical (unpaired) electrons.